The number of piperidine rings is 1. The third kappa shape index (κ3) is 4.22. The number of nitrogens with zero attached hydrogens (tertiary/aromatic N) is 2. The zero-order chi connectivity index (χ0) is 14.4. The molecule has 1 aromatic carbocycles. The molecule has 2 rings (SSSR count). The summed E-state index contributed by atoms with van der Waals surface area (Å²) in [5.41, 5.74) is 2.76. The molecule has 1 aliphatic heterocycles. The molecule has 0 spiro atoms. The van der Waals surface area contributed by atoms with Gasteiger partial charge in [0.05, 0.1) is 0 Å². The molecule has 1 N–H and O–H groups in total. The quantitative estimate of drug-likeness (QED) is 0.805. The van der Waals surface area contributed by atoms with Gasteiger partial charge in [-0.25, -0.2) is 0 Å². The Morgan fingerprint density at radius 2 is 1.80 bits per heavy atom. The first-order valence-corrected chi connectivity index (χ1v) is 7.91. The van der Waals surface area contributed by atoms with Crippen molar-refractivity contribution in [3.05, 3.63) is 29.8 Å². The molecule has 0 unspecified atom stereocenters. The molecule has 0 aromatic heterocycles. The van der Waals surface area contributed by atoms with E-state index in [1.165, 1.54) is 43.6 Å². The monoisotopic (exact) mass is 275 g/mol. The number of benzene rings is 1. The highest BCUT2D eigenvalue weighted by Crippen LogP contribution is 2.22. The van der Waals surface area contributed by atoms with Crippen molar-refractivity contribution in [3.8, 4) is 0 Å². The molecule has 3 heteroatoms. The maximum absolute atomic E-state index is 3.45. The summed E-state index contributed by atoms with van der Waals surface area (Å²) in [5.74, 6) is 0. The van der Waals surface area contributed by atoms with Crippen molar-refractivity contribution in [3.63, 3.8) is 0 Å². The SMILES string of the molecule is CCCNCc1ccc(N2CCC(N(C)C)CC2)cc1. The first-order chi connectivity index (χ1) is 9.70. The van der Waals surface area contributed by atoms with E-state index in [-0.39, 0.29) is 0 Å². The maximum atomic E-state index is 3.45. The van der Waals surface area contributed by atoms with Crippen LogP contribution in [0.2, 0.25) is 0 Å². The normalized spacial score (nSPS) is 16.9. The second kappa shape index (κ2) is 7.65. The zero-order valence-electron chi connectivity index (χ0n) is 13.2. The molecule has 0 amide bonds. The Balaban J connectivity index is 1.84. The van der Waals surface area contributed by atoms with Gasteiger partial charge in [-0.3, -0.25) is 0 Å². The molecule has 0 aliphatic carbocycles. The van der Waals surface area contributed by atoms with Crippen LogP contribution in [0, 0.1) is 0 Å². The second-order valence-corrected chi connectivity index (χ2v) is 6.03. The summed E-state index contributed by atoms with van der Waals surface area (Å²) in [5, 5.41) is 3.45. The third-order valence-corrected chi connectivity index (χ3v) is 4.25. The van der Waals surface area contributed by atoms with Gasteiger partial charge in [0.2, 0.25) is 0 Å². The second-order valence-electron chi connectivity index (χ2n) is 6.03. The summed E-state index contributed by atoms with van der Waals surface area (Å²) >= 11 is 0. The molecule has 0 atom stereocenters. The summed E-state index contributed by atoms with van der Waals surface area (Å²) < 4.78 is 0. The highest BCUT2D eigenvalue weighted by atomic mass is 15.2. The smallest absolute Gasteiger partial charge is 0.0366 e. The standard InChI is InChI=1S/C17H29N3/c1-4-11-18-14-15-5-7-17(8-6-15)20-12-9-16(10-13-20)19(2)3/h5-8,16,18H,4,9-14H2,1-3H3. The third-order valence-electron chi connectivity index (χ3n) is 4.25. The van der Waals surface area contributed by atoms with Crippen LogP contribution >= 0.6 is 0 Å². The van der Waals surface area contributed by atoms with Crippen molar-refractivity contribution in [1.29, 1.82) is 0 Å². The molecule has 1 fully saturated rings. The molecule has 1 saturated heterocycles. The van der Waals surface area contributed by atoms with E-state index in [9.17, 15) is 0 Å². The van der Waals surface area contributed by atoms with Crippen molar-refractivity contribution in [2.24, 2.45) is 0 Å². The van der Waals surface area contributed by atoms with E-state index in [2.05, 4.69) is 60.4 Å². The molecule has 0 saturated carbocycles. The molecule has 0 radical (unpaired) electrons. The van der Waals surface area contributed by atoms with Crippen LogP contribution in [0.1, 0.15) is 31.7 Å². The summed E-state index contributed by atoms with van der Waals surface area (Å²) in [4.78, 5) is 4.88. The van der Waals surface area contributed by atoms with Gasteiger partial charge in [-0.2, -0.15) is 0 Å². The molecular formula is C17H29N3. The van der Waals surface area contributed by atoms with Gasteiger partial charge in [-0.1, -0.05) is 19.1 Å². The van der Waals surface area contributed by atoms with E-state index < -0.39 is 0 Å². The fourth-order valence-electron chi connectivity index (χ4n) is 2.87. The lowest BCUT2D eigenvalue weighted by Gasteiger charge is -2.36. The molecule has 1 aliphatic rings. The van der Waals surface area contributed by atoms with Crippen LogP contribution in [0.15, 0.2) is 24.3 Å². The lowest BCUT2D eigenvalue weighted by Crippen LogP contribution is -2.41. The number of hydrogen-bond acceptors (Lipinski definition) is 3. The predicted octanol–water partition coefficient (Wildman–Crippen LogP) is 2.72. The molecule has 112 valence electrons. The van der Waals surface area contributed by atoms with Gasteiger partial charge < -0.3 is 15.1 Å². The van der Waals surface area contributed by atoms with E-state index in [1.807, 2.05) is 0 Å². The Bertz CT molecular complexity index is 378. The van der Waals surface area contributed by atoms with Crippen LogP contribution in [-0.4, -0.2) is 44.7 Å². The molecule has 20 heavy (non-hydrogen) atoms. The Labute approximate surface area is 124 Å². The van der Waals surface area contributed by atoms with E-state index >= 15 is 0 Å². The summed E-state index contributed by atoms with van der Waals surface area (Å²) in [7, 11) is 4.39. The van der Waals surface area contributed by atoms with Crippen molar-refractivity contribution < 1.29 is 0 Å². The average Bonchev–Trinajstić information content (AvgIpc) is 2.48. The minimum Gasteiger partial charge on any atom is -0.371 e. The fourth-order valence-corrected chi connectivity index (χ4v) is 2.87. The van der Waals surface area contributed by atoms with Gasteiger partial charge in [0.15, 0.2) is 0 Å². The van der Waals surface area contributed by atoms with E-state index in [0.717, 1.165) is 19.1 Å². The van der Waals surface area contributed by atoms with Crippen LogP contribution in [0.25, 0.3) is 0 Å². The Kier molecular flexibility index (Phi) is 5.86. The van der Waals surface area contributed by atoms with Crippen molar-refractivity contribution in [1.82, 2.24) is 10.2 Å². The predicted molar refractivity (Wildman–Crippen MR) is 87.4 cm³/mol. The first-order valence-electron chi connectivity index (χ1n) is 7.91. The maximum Gasteiger partial charge on any atom is 0.0366 e. The van der Waals surface area contributed by atoms with Gasteiger partial charge in [0.25, 0.3) is 0 Å². The van der Waals surface area contributed by atoms with Crippen molar-refractivity contribution >= 4 is 5.69 Å². The fraction of sp³-hybridized carbons (Fsp3) is 0.647. The summed E-state index contributed by atoms with van der Waals surface area (Å²) in [6.07, 6.45) is 3.73. The van der Waals surface area contributed by atoms with E-state index in [1.54, 1.807) is 0 Å². The van der Waals surface area contributed by atoms with E-state index in [4.69, 9.17) is 0 Å². The van der Waals surface area contributed by atoms with Crippen molar-refractivity contribution in [2.75, 3.05) is 38.6 Å². The Hall–Kier alpha value is -1.06. The highest BCUT2D eigenvalue weighted by Gasteiger charge is 2.20. The Morgan fingerprint density at radius 3 is 2.35 bits per heavy atom. The Morgan fingerprint density at radius 1 is 1.15 bits per heavy atom. The van der Waals surface area contributed by atoms with Gasteiger partial charge in [-0.05, 0) is 57.6 Å². The van der Waals surface area contributed by atoms with Gasteiger partial charge in [0.1, 0.15) is 0 Å². The van der Waals surface area contributed by atoms with Crippen LogP contribution in [0.3, 0.4) is 0 Å². The molecule has 3 nitrogen and oxygen atoms in total. The summed E-state index contributed by atoms with van der Waals surface area (Å²) in [6.45, 7) is 6.64. The average molecular weight is 275 g/mol. The molecule has 1 heterocycles. The van der Waals surface area contributed by atoms with Crippen LogP contribution in [-0.2, 0) is 6.54 Å². The molecule has 0 bridgehead atoms. The van der Waals surface area contributed by atoms with Crippen LogP contribution in [0.4, 0.5) is 5.69 Å². The lowest BCUT2D eigenvalue weighted by atomic mass is 10.0. The first kappa shape index (κ1) is 15.3. The summed E-state index contributed by atoms with van der Waals surface area (Å²) in [6, 6.07) is 9.83. The number of nitrogens with one attached hydrogen (secondary N) is 1. The topological polar surface area (TPSA) is 18.5 Å². The van der Waals surface area contributed by atoms with Crippen LogP contribution < -0.4 is 10.2 Å². The largest absolute Gasteiger partial charge is 0.371 e. The van der Waals surface area contributed by atoms with Crippen LogP contribution in [0.5, 0.6) is 0 Å². The van der Waals surface area contributed by atoms with Gasteiger partial charge >= 0.3 is 0 Å². The minimum atomic E-state index is 0.753. The highest BCUT2D eigenvalue weighted by molar-refractivity contribution is 5.48. The van der Waals surface area contributed by atoms with Gasteiger partial charge in [0, 0.05) is 31.4 Å². The van der Waals surface area contributed by atoms with Crippen molar-refractivity contribution in [2.45, 2.75) is 38.8 Å². The lowest BCUT2D eigenvalue weighted by molar-refractivity contribution is 0.249. The number of rotatable bonds is 6. The van der Waals surface area contributed by atoms with E-state index in [0.29, 0.717) is 0 Å². The number of hydrogen-bond donors (Lipinski definition) is 1. The number of anilines is 1. The minimum absolute atomic E-state index is 0.753. The zero-order valence-corrected chi connectivity index (χ0v) is 13.2. The van der Waals surface area contributed by atoms with Gasteiger partial charge in [-0.15, -0.1) is 0 Å². The molecule has 1 aromatic rings. The molecular weight excluding hydrogens is 246 g/mol.